The van der Waals surface area contributed by atoms with Crippen molar-refractivity contribution in [1.29, 1.82) is 5.26 Å². The molecule has 9 nitrogen and oxygen atoms in total. The normalized spacial score (nSPS) is 21.0. The number of anilines is 1. The Labute approximate surface area is 219 Å². The third-order valence-corrected chi connectivity index (χ3v) is 7.61. The molecule has 3 atom stereocenters. The summed E-state index contributed by atoms with van der Waals surface area (Å²) in [7, 11) is 3.19. The number of nitriles is 1. The van der Waals surface area contributed by atoms with E-state index in [2.05, 4.69) is 16.5 Å². The van der Waals surface area contributed by atoms with Gasteiger partial charge in [0, 0.05) is 49.9 Å². The molecule has 0 unspecified atom stereocenters. The number of aromatic nitrogens is 2. The molecular weight excluding hydrogens is 487 g/mol. The minimum absolute atomic E-state index is 0.0415. The summed E-state index contributed by atoms with van der Waals surface area (Å²) >= 11 is 0. The summed E-state index contributed by atoms with van der Waals surface area (Å²) in [4.78, 5) is 43.5. The van der Waals surface area contributed by atoms with Gasteiger partial charge in [-0.3, -0.25) is 19.1 Å². The lowest BCUT2D eigenvalue weighted by Crippen LogP contribution is -2.52. The number of carbonyl (C=O) groups is 3. The van der Waals surface area contributed by atoms with Crippen LogP contribution < -0.4 is 5.32 Å². The summed E-state index contributed by atoms with van der Waals surface area (Å²) in [5.41, 5.74) is 0.696. The number of nitrogens with one attached hydrogen (secondary N) is 1. The van der Waals surface area contributed by atoms with Crippen molar-refractivity contribution in [2.75, 3.05) is 18.9 Å². The maximum atomic E-state index is 14.7. The maximum Gasteiger partial charge on any atom is 0.254 e. The minimum atomic E-state index is -1.02. The van der Waals surface area contributed by atoms with E-state index < -0.39 is 35.1 Å². The van der Waals surface area contributed by atoms with Gasteiger partial charge in [0.2, 0.25) is 11.8 Å². The zero-order valence-electron chi connectivity index (χ0n) is 21.7. The van der Waals surface area contributed by atoms with Gasteiger partial charge < -0.3 is 15.1 Å². The third-order valence-electron chi connectivity index (χ3n) is 7.61. The molecule has 1 spiro atoms. The van der Waals surface area contributed by atoms with Crippen molar-refractivity contribution < 1.29 is 18.8 Å². The van der Waals surface area contributed by atoms with Gasteiger partial charge in [-0.2, -0.15) is 10.4 Å². The van der Waals surface area contributed by atoms with Crippen LogP contribution in [0, 0.1) is 23.1 Å². The molecule has 3 aromatic rings. The molecule has 0 saturated carbocycles. The number of halogens is 1. The van der Waals surface area contributed by atoms with Gasteiger partial charge in [0.25, 0.3) is 5.91 Å². The Morgan fingerprint density at radius 2 is 2.05 bits per heavy atom. The van der Waals surface area contributed by atoms with Gasteiger partial charge in [0.1, 0.15) is 17.6 Å². The first-order valence-electron chi connectivity index (χ1n) is 12.6. The molecular formula is C28H29FN6O3. The quantitative estimate of drug-likeness (QED) is 0.560. The molecule has 0 radical (unpaired) electrons. The van der Waals surface area contributed by atoms with Crippen LogP contribution in [-0.4, -0.2) is 63.0 Å². The highest BCUT2D eigenvalue weighted by atomic mass is 19.1. The summed E-state index contributed by atoms with van der Waals surface area (Å²) < 4.78 is 16.2. The van der Waals surface area contributed by atoms with Crippen LogP contribution in [0.1, 0.15) is 42.6 Å². The van der Waals surface area contributed by atoms with E-state index >= 15 is 0 Å². The van der Waals surface area contributed by atoms with Crippen molar-refractivity contribution in [2.45, 2.75) is 44.2 Å². The standard InChI is InChI=1S/C28H29FN6O3/c1-16(2)9-23(34(4)25(36)17-10-18-14-33(3)32-24(18)21(29)11-17)26(37)35-15-28(12-19(35)13-30)20-7-5-6-8-22(20)31-27(28)38/h5-8,10-11,14,16,19,23H,9,12,15H2,1-4H3,(H,31,38)/t19-,23-,28-/m0/s1. The molecule has 5 rings (SSSR count). The summed E-state index contributed by atoms with van der Waals surface area (Å²) in [6, 6.07) is 10.5. The molecule has 3 heterocycles. The molecule has 2 aromatic carbocycles. The van der Waals surface area contributed by atoms with Gasteiger partial charge in [0.05, 0.1) is 11.5 Å². The van der Waals surface area contributed by atoms with Crippen LogP contribution in [-0.2, 0) is 22.1 Å². The predicted molar refractivity (Wildman–Crippen MR) is 138 cm³/mol. The highest BCUT2D eigenvalue weighted by molar-refractivity contribution is 6.07. The molecule has 2 aliphatic rings. The van der Waals surface area contributed by atoms with E-state index in [4.69, 9.17) is 0 Å². The first-order valence-corrected chi connectivity index (χ1v) is 12.6. The minimum Gasteiger partial charge on any atom is -0.330 e. The number of carbonyl (C=O) groups excluding carboxylic acids is 3. The topological polar surface area (TPSA) is 111 Å². The average molecular weight is 517 g/mol. The zero-order valence-corrected chi connectivity index (χ0v) is 21.7. The number of fused-ring (bicyclic) bond motifs is 3. The smallest absolute Gasteiger partial charge is 0.254 e. The number of rotatable bonds is 5. The van der Waals surface area contributed by atoms with E-state index in [0.717, 1.165) is 11.6 Å². The number of amides is 3. The molecule has 38 heavy (non-hydrogen) atoms. The summed E-state index contributed by atoms with van der Waals surface area (Å²) in [5, 5.41) is 17.4. The number of para-hydroxylation sites is 1. The van der Waals surface area contributed by atoms with E-state index in [1.54, 1.807) is 25.4 Å². The Balaban J connectivity index is 1.47. The van der Waals surface area contributed by atoms with Crippen LogP contribution in [0.15, 0.2) is 42.6 Å². The fourth-order valence-electron chi connectivity index (χ4n) is 5.73. The van der Waals surface area contributed by atoms with Crippen molar-refractivity contribution in [2.24, 2.45) is 13.0 Å². The highest BCUT2D eigenvalue weighted by Crippen LogP contribution is 2.46. The number of nitrogens with zero attached hydrogens (tertiary/aromatic N) is 5. The lowest BCUT2D eigenvalue weighted by Gasteiger charge is -2.33. The number of hydrogen-bond donors (Lipinski definition) is 1. The van der Waals surface area contributed by atoms with Crippen molar-refractivity contribution in [3.63, 3.8) is 0 Å². The molecule has 1 aromatic heterocycles. The van der Waals surface area contributed by atoms with Crippen LogP contribution in [0.5, 0.6) is 0 Å². The van der Waals surface area contributed by atoms with E-state index in [-0.39, 0.29) is 35.9 Å². The SMILES string of the molecule is CC(C)C[C@@H](C(=O)N1C[C@]2(C[C@H]1C#N)C(=O)Nc1ccccc12)N(C)C(=O)c1cc(F)c2nn(C)cc2c1. The van der Waals surface area contributed by atoms with Gasteiger partial charge in [-0.1, -0.05) is 32.0 Å². The van der Waals surface area contributed by atoms with E-state index in [0.29, 0.717) is 17.5 Å². The molecule has 10 heteroatoms. The van der Waals surface area contributed by atoms with Crippen LogP contribution in [0.25, 0.3) is 10.9 Å². The molecule has 2 aliphatic heterocycles. The van der Waals surface area contributed by atoms with Crippen molar-refractivity contribution in [3.05, 3.63) is 59.5 Å². The largest absolute Gasteiger partial charge is 0.330 e. The van der Waals surface area contributed by atoms with Crippen molar-refractivity contribution >= 4 is 34.3 Å². The lowest BCUT2D eigenvalue weighted by atomic mass is 9.80. The van der Waals surface area contributed by atoms with E-state index in [9.17, 15) is 24.0 Å². The van der Waals surface area contributed by atoms with Crippen molar-refractivity contribution in [1.82, 2.24) is 19.6 Å². The van der Waals surface area contributed by atoms with E-state index in [1.807, 2.05) is 32.0 Å². The van der Waals surface area contributed by atoms with Crippen LogP contribution >= 0.6 is 0 Å². The highest BCUT2D eigenvalue weighted by Gasteiger charge is 2.56. The maximum absolute atomic E-state index is 14.7. The monoisotopic (exact) mass is 516 g/mol. The van der Waals surface area contributed by atoms with Crippen LogP contribution in [0.3, 0.4) is 0 Å². The average Bonchev–Trinajstić information content (AvgIpc) is 3.55. The molecule has 1 saturated heterocycles. The van der Waals surface area contributed by atoms with E-state index in [1.165, 1.54) is 21.5 Å². The van der Waals surface area contributed by atoms with Gasteiger partial charge in [-0.15, -0.1) is 0 Å². The lowest BCUT2D eigenvalue weighted by molar-refractivity contribution is -0.136. The predicted octanol–water partition coefficient (Wildman–Crippen LogP) is 3.21. The zero-order chi connectivity index (χ0) is 27.4. The number of benzene rings is 2. The molecule has 3 amide bonds. The second-order valence-corrected chi connectivity index (χ2v) is 10.7. The first-order chi connectivity index (χ1) is 18.1. The molecule has 1 fully saturated rings. The summed E-state index contributed by atoms with van der Waals surface area (Å²) in [6.45, 7) is 3.92. The second-order valence-electron chi connectivity index (χ2n) is 10.7. The van der Waals surface area contributed by atoms with Gasteiger partial charge in [-0.25, -0.2) is 4.39 Å². The number of likely N-dealkylation sites (tertiary alicyclic amines) is 1. The Kier molecular flexibility index (Phi) is 6.18. The van der Waals surface area contributed by atoms with Gasteiger partial charge in [0.15, 0.2) is 5.82 Å². The Morgan fingerprint density at radius 3 is 2.76 bits per heavy atom. The van der Waals surface area contributed by atoms with Crippen LogP contribution in [0.4, 0.5) is 10.1 Å². The number of likely N-dealkylation sites (N-methyl/N-ethyl adjacent to an activating group) is 1. The Morgan fingerprint density at radius 1 is 1.32 bits per heavy atom. The Hall–Kier alpha value is -4.26. The van der Waals surface area contributed by atoms with Crippen LogP contribution in [0.2, 0.25) is 0 Å². The summed E-state index contributed by atoms with van der Waals surface area (Å²) in [6.07, 6.45) is 2.13. The molecule has 0 aliphatic carbocycles. The number of hydrogen-bond acceptors (Lipinski definition) is 5. The fraction of sp³-hybridized carbons (Fsp3) is 0.393. The van der Waals surface area contributed by atoms with Gasteiger partial charge >= 0.3 is 0 Å². The van der Waals surface area contributed by atoms with Gasteiger partial charge in [-0.05, 0) is 36.1 Å². The first kappa shape index (κ1) is 25.4. The number of aryl methyl sites for hydroxylation is 1. The fourth-order valence-corrected chi connectivity index (χ4v) is 5.73. The van der Waals surface area contributed by atoms with Crippen molar-refractivity contribution in [3.8, 4) is 6.07 Å². The molecule has 0 bridgehead atoms. The Bertz CT molecular complexity index is 1510. The third kappa shape index (κ3) is 3.99. The summed E-state index contributed by atoms with van der Waals surface area (Å²) in [5.74, 6) is -1.73. The second kappa shape index (κ2) is 9.24. The molecule has 196 valence electrons. The molecule has 1 N–H and O–H groups in total.